The van der Waals surface area contributed by atoms with Crippen molar-refractivity contribution < 1.29 is 9.15 Å². The van der Waals surface area contributed by atoms with Gasteiger partial charge in [0.15, 0.2) is 5.82 Å². The van der Waals surface area contributed by atoms with Crippen LogP contribution < -0.4 is 10.6 Å². The minimum Gasteiger partial charge on any atom is -0.444 e. The first-order chi connectivity index (χ1) is 10.2. The molecule has 0 aliphatic rings. The largest absolute Gasteiger partial charge is 0.444 e. The van der Waals surface area contributed by atoms with Crippen molar-refractivity contribution in [1.82, 2.24) is 15.0 Å². The van der Waals surface area contributed by atoms with E-state index in [9.17, 15) is 0 Å². The standard InChI is InChI=1S/C14H21N5O2/c1-4-15-11-6-12(19-13(18-11)9-20-5-2)16-8-14-17-7-10(3)21-14/h6-7H,4-5,8-9H2,1-3H3,(H2,15,16,18,19). The zero-order valence-corrected chi connectivity index (χ0v) is 12.6. The summed E-state index contributed by atoms with van der Waals surface area (Å²) in [5.41, 5.74) is 0. The molecule has 2 N–H and O–H groups in total. The van der Waals surface area contributed by atoms with Crippen molar-refractivity contribution in [3.63, 3.8) is 0 Å². The average Bonchev–Trinajstić information content (AvgIpc) is 2.89. The first kappa shape index (κ1) is 15.2. The maximum Gasteiger partial charge on any atom is 0.213 e. The molecule has 0 amide bonds. The van der Waals surface area contributed by atoms with Crippen molar-refractivity contribution in [3.05, 3.63) is 29.7 Å². The van der Waals surface area contributed by atoms with Gasteiger partial charge in [-0.1, -0.05) is 0 Å². The summed E-state index contributed by atoms with van der Waals surface area (Å²) in [4.78, 5) is 13.0. The van der Waals surface area contributed by atoms with Crippen LogP contribution in [0.4, 0.5) is 11.6 Å². The summed E-state index contributed by atoms with van der Waals surface area (Å²) in [5, 5.41) is 6.37. The van der Waals surface area contributed by atoms with Gasteiger partial charge >= 0.3 is 0 Å². The molecule has 0 saturated heterocycles. The summed E-state index contributed by atoms with van der Waals surface area (Å²) in [6.45, 7) is 8.12. The van der Waals surface area contributed by atoms with Crippen molar-refractivity contribution in [2.75, 3.05) is 23.8 Å². The normalized spacial score (nSPS) is 10.6. The Kier molecular flexibility index (Phi) is 5.51. The van der Waals surface area contributed by atoms with Crippen LogP contribution in [0.25, 0.3) is 0 Å². The van der Waals surface area contributed by atoms with Crippen molar-refractivity contribution in [1.29, 1.82) is 0 Å². The number of oxazole rings is 1. The smallest absolute Gasteiger partial charge is 0.213 e. The topological polar surface area (TPSA) is 85.1 Å². The predicted octanol–water partition coefficient (Wildman–Crippen LogP) is 2.35. The predicted molar refractivity (Wildman–Crippen MR) is 80.1 cm³/mol. The molecule has 2 rings (SSSR count). The third kappa shape index (κ3) is 4.71. The molecule has 2 aromatic rings. The van der Waals surface area contributed by atoms with E-state index in [-0.39, 0.29) is 0 Å². The van der Waals surface area contributed by atoms with Gasteiger partial charge in [0, 0.05) is 19.2 Å². The summed E-state index contributed by atoms with van der Waals surface area (Å²) in [6.07, 6.45) is 1.70. The van der Waals surface area contributed by atoms with Crippen LogP contribution in [-0.2, 0) is 17.9 Å². The number of aryl methyl sites for hydroxylation is 1. The average molecular weight is 291 g/mol. The van der Waals surface area contributed by atoms with Crippen LogP contribution in [0.15, 0.2) is 16.7 Å². The summed E-state index contributed by atoms with van der Waals surface area (Å²) < 4.78 is 10.8. The zero-order valence-electron chi connectivity index (χ0n) is 12.6. The van der Waals surface area contributed by atoms with E-state index in [1.165, 1.54) is 0 Å². The van der Waals surface area contributed by atoms with E-state index in [0.29, 0.717) is 37.3 Å². The Morgan fingerprint density at radius 1 is 1.19 bits per heavy atom. The van der Waals surface area contributed by atoms with Crippen LogP contribution in [0, 0.1) is 6.92 Å². The molecule has 0 unspecified atom stereocenters. The van der Waals surface area contributed by atoms with Crippen molar-refractivity contribution >= 4 is 11.6 Å². The van der Waals surface area contributed by atoms with Crippen LogP contribution in [-0.4, -0.2) is 28.1 Å². The molecule has 0 radical (unpaired) electrons. The molecule has 0 fully saturated rings. The van der Waals surface area contributed by atoms with Crippen LogP contribution in [0.2, 0.25) is 0 Å². The molecule has 2 aromatic heterocycles. The number of hydrogen-bond donors (Lipinski definition) is 2. The van der Waals surface area contributed by atoms with Crippen molar-refractivity contribution in [2.45, 2.75) is 33.9 Å². The van der Waals surface area contributed by atoms with Crippen molar-refractivity contribution in [2.24, 2.45) is 0 Å². The lowest BCUT2D eigenvalue weighted by atomic mass is 10.4. The fourth-order valence-electron chi connectivity index (χ4n) is 1.77. The molecule has 114 valence electrons. The van der Waals surface area contributed by atoms with E-state index >= 15 is 0 Å². The number of ether oxygens (including phenoxy) is 1. The molecule has 0 aliphatic carbocycles. The summed E-state index contributed by atoms with van der Waals surface area (Å²) in [6, 6.07) is 1.86. The zero-order chi connectivity index (χ0) is 15.1. The highest BCUT2D eigenvalue weighted by atomic mass is 16.5. The number of nitrogens with one attached hydrogen (secondary N) is 2. The third-order valence-electron chi connectivity index (χ3n) is 2.66. The summed E-state index contributed by atoms with van der Waals surface area (Å²) >= 11 is 0. The second kappa shape index (κ2) is 7.58. The van der Waals surface area contributed by atoms with Gasteiger partial charge < -0.3 is 19.8 Å². The second-order valence-corrected chi connectivity index (χ2v) is 4.44. The van der Waals surface area contributed by atoms with Crippen molar-refractivity contribution in [3.8, 4) is 0 Å². The van der Waals surface area contributed by atoms with Gasteiger partial charge in [-0.25, -0.2) is 15.0 Å². The van der Waals surface area contributed by atoms with Gasteiger partial charge in [0.25, 0.3) is 0 Å². The molecule has 0 aromatic carbocycles. The Bertz CT molecular complexity index is 570. The van der Waals surface area contributed by atoms with Crippen LogP contribution in [0.1, 0.15) is 31.3 Å². The summed E-state index contributed by atoms with van der Waals surface area (Å²) in [7, 11) is 0. The van der Waals surface area contributed by atoms with E-state index < -0.39 is 0 Å². The fraction of sp³-hybridized carbons (Fsp3) is 0.500. The molecule has 0 atom stereocenters. The molecular weight excluding hydrogens is 270 g/mol. The van der Waals surface area contributed by atoms with E-state index in [1.54, 1.807) is 6.20 Å². The minimum atomic E-state index is 0.391. The quantitative estimate of drug-likeness (QED) is 0.772. The second-order valence-electron chi connectivity index (χ2n) is 4.44. The monoisotopic (exact) mass is 291 g/mol. The van der Waals surface area contributed by atoms with Crippen LogP contribution in [0.5, 0.6) is 0 Å². The number of rotatable bonds is 8. The van der Waals surface area contributed by atoms with Gasteiger partial charge in [-0.05, 0) is 20.8 Å². The number of aromatic nitrogens is 3. The van der Waals surface area contributed by atoms with Crippen LogP contribution >= 0.6 is 0 Å². The Hall–Kier alpha value is -2.15. The lowest BCUT2D eigenvalue weighted by Gasteiger charge is -2.09. The highest BCUT2D eigenvalue weighted by Crippen LogP contribution is 2.13. The van der Waals surface area contributed by atoms with Gasteiger partial charge in [0.1, 0.15) is 24.0 Å². The van der Waals surface area contributed by atoms with Gasteiger partial charge in [0.05, 0.1) is 12.7 Å². The molecule has 0 aliphatic heterocycles. The lowest BCUT2D eigenvalue weighted by molar-refractivity contribution is 0.128. The van der Waals surface area contributed by atoms with Gasteiger partial charge in [-0.15, -0.1) is 0 Å². The highest BCUT2D eigenvalue weighted by Gasteiger charge is 2.06. The Balaban J connectivity index is 2.07. The summed E-state index contributed by atoms with van der Waals surface area (Å²) in [5.74, 6) is 3.54. The lowest BCUT2D eigenvalue weighted by Crippen LogP contribution is -2.09. The molecule has 7 nitrogen and oxygen atoms in total. The Morgan fingerprint density at radius 2 is 1.95 bits per heavy atom. The van der Waals surface area contributed by atoms with E-state index in [4.69, 9.17) is 9.15 Å². The maximum absolute atomic E-state index is 5.42. The molecular formula is C14H21N5O2. The Labute approximate surface area is 124 Å². The minimum absolute atomic E-state index is 0.391. The Morgan fingerprint density at radius 3 is 2.57 bits per heavy atom. The molecule has 21 heavy (non-hydrogen) atoms. The van der Waals surface area contributed by atoms with Crippen LogP contribution in [0.3, 0.4) is 0 Å². The number of anilines is 2. The molecule has 0 spiro atoms. The SMILES string of the molecule is CCNc1cc(NCc2ncc(C)o2)nc(COCC)n1. The molecule has 7 heteroatoms. The highest BCUT2D eigenvalue weighted by molar-refractivity contribution is 5.47. The molecule has 2 heterocycles. The first-order valence-corrected chi connectivity index (χ1v) is 7.06. The van der Waals surface area contributed by atoms with Gasteiger partial charge in [-0.2, -0.15) is 0 Å². The number of hydrogen-bond acceptors (Lipinski definition) is 7. The van der Waals surface area contributed by atoms with Gasteiger partial charge in [-0.3, -0.25) is 0 Å². The first-order valence-electron chi connectivity index (χ1n) is 7.06. The maximum atomic E-state index is 5.42. The fourth-order valence-corrected chi connectivity index (χ4v) is 1.77. The molecule has 0 bridgehead atoms. The number of nitrogens with zero attached hydrogens (tertiary/aromatic N) is 3. The third-order valence-corrected chi connectivity index (χ3v) is 2.66. The van der Waals surface area contributed by atoms with E-state index in [1.807, 2.05) is 26.8 Å². The molecule has 0 saturated carbocycles. The van der Waals surface area contributed by atoms with E-state index in [2.05, 4.69) is 25.6 Å². The van der Waals surface area contributed by atoms with Gasteiger partial charge in [0.2, 0.25) is 5.89 Å². The van der Waals surface area contributed by atoms with E-state index in [0.717, 1.165) is 18.1 Å².